The third-order valence-electron chi connectivity index (χ3n) is 5.94. The van der Waals surface area contributed by atoms with Gasteiger partial charge in [0.15, 0.2) is 0 Å². The first-order valence-corrected chi connectivity index (χ1v) is 11.2. The van der Waals surface area contributed by atoms with E-state index < -0.39 is 0 Å². The zero-order valence-corrected chi connectivity index (χ0v) is 16.2. The zero-order valence-electron chi connectivity index (χ0n) is 16.2. The number of nitrogens with zero attached hydrogens (tertiary/aromatic N) is 1. The minimum Gasteiger partial charge on any atom is -0.244 e. The highest BCUT2D eigenvalue weighted by atomic mass is 15.7. The Labute approximate surface area is 151 Å². The van der Waals surface area contributed by atoms with Gasteiger partial charge in [-0.15, -0.1) is 0 Å². The fourth-order valence-electron chi connectivity index (χ4n) is 4.32. The molecular formula is C21H43N3. The molecule has 142 valence electrons. The summed E-state index contributed by atoms with van der Waals surface area (Å²) in [5, 5.41) is 2.58. The summed E-state index contributed by atoms with van der Waals surface area (Å²) < 4.78 is 0. The van der Waals surface area contributed by atoms with Crippen LogP contribution in [0.2, 0.25) is 0 Å². The van der Waals surface area contributed by atoms with Crippen LogP contribution in [0, 0.1) is 0 Å². The van der Waals surface area contributed by atoms with E-state index >= 15 is 0 Å². The van der Waals surface area contributed by atoms with Crippen molar-refractivity contribution in [3.63, 3.8) is 0 Å². The van der Waals surface area contributed by atoms with Gasteiger partial charge in [0.05, 0.1) is 0 Å². The van der Waals surface area contributed by atoms with Gasteiger partial charge in [0, 0.05) is 19.1 Å². The summed E-state index contributed by atoms with van der Waals surface area (Å²) in [5.41, 5.74) is 7.12. The van der Waals surface area contributed by atoms with E-state index in [0.717, 1.165) is 12.6 Å². The first-order valence-electron chi connectivity index (χ1n) is 11.2. The lowest BCUT2D eigenvalue weighted by Crippen LogP contribution is -2.52. The van der Waals surface area contributed by atoms with E-state index in [-0.39, 0.29) is 0 Å². The third-order valence-corrected chi connectivity index (χ3v) is 5.94. The van der Waals surface area contributed by atoms with Crippen LogP contribution in [0.4, 0.5) is 0 Å². The molecule has 0 aromatic carbocycles. The molecule has 0 spiro atoms. The second-order valence-electron chi connectivity index (χ2n) is 8.12. The summed E-state index contributed by atoms with van der Waals surface area (Å²) in [6.07, 6.45) is 25.6. The molecule has 1 aliphatic heterocycles. The van der Waals surface area contributed by atoms with Crippen LogP contribution in [0.15, 0.2) is 0 Å². The Morgan fingerprint density at radius 3 is 1.54 bits per heavy atom. The average Bonchev–Trinajstić information content (AvgIpc) is 2.56. The molecule has 3 heteroatoms. The lowest BCUT2D eigenvalue weighted by Gasteiger charge is -2.33. The van der Waals surface area contributed by atoms with Crippen molar-refractivity contribution in [1.29, 1.82) is 0 Å². The second-order valence-corrected chi connectivity index (χ2v) is 8.12. The van der Waals surface area contributed by atoms with Crippen molar-refractivity contribution in [2.24, 2.45) is 0 Å². The van der Waals surface area contributed by atoms with E-state index in [9.17, 15) is 0 Å². The number of rotatable bonds is 1. The molecule has 3 nitrogen and oxygen atoms in total. The highest BCUT2D eigenvalue weighted by Crippen LogP contribution is 2.20. The second kappa shape index (κ2) is 14.1. The van der Waals surface area contributed by atoms with Crippen LogP contribution in [0.3, 0.4) is 0 Å². The van der Waals surface area contributed by atoms with Crippen molar-refractivity contribution in [2.75, 3.05) is 13.1 Å². The van der Waals surface area contributed by atoms with Crippen molar-refractivity contribution in [3.05, 3.63) is 0 Å². The summed E-state index contributed by atoms with van der Waals surface area (Å²) in [4.78, 5) is 0. The molecule has 1 saturated carbocycles. The molecule has 24 heavy (non-hydrogen) atoms. The van der Waals surface area contributed by atoms with Gasteiger partial charge >= 0.3 is 0 Å². The van der Waals surface area contributed by atoms with E-state index in [2.05, 4.69) is 16.0 Å². The molecule has 2 aliphatic rings. The summed E-state index contributed by atoms with van der Waals surface area (Å²) in [5.74, 6) is 0. The molecule has 2 N–H and O–H groups in total. The van der Waals surface area contributed by atoms with Crippen molar-refractivity contribution in [3.8, 4) is 0 Å². The normalized spacial score (nSPS) is 26.5. The van der Waals surface area contributed by atoms with Crippen LogP contribution in [-0.4, -0.2) is 24.1 Å². The Hall–Kier alpha value is -0.120. The van der Waals surface area contributed by atoms with Crippen LogP contribution in [0.1, 0.15) is 116 Å². The molecule has 0 amide bonds. The average molecular weight is 338 g/mol. The monoisotopic (exact) mass is 337 g/mol. The summed E-state index contributed by atoms with van der Waals surface area (Å²) in [6, 6.07) is 0.736. The first kappa shape index (κ1) is 20.2. The smallest absolute Gasteiger partial charge is 0.0256 e. The molecule has 0 bridgehead atoms. The molecule has 0 atom stereocenters. The van der Waals surface area contributed by atoms with Gasteiger partial charge in [0.25, 0.3) is 0 Å². The molecule has 0 aromatic rings. The van der Waals surface area contributed by atoms with E-state index in [1.165, 1.54) is 122 Å². The summed E-state index contributed by atoms with van der Waals surface area (Å²) in [6.45, 7) is 2.33. The van der Waals surface area contributed by atoms with E-state index in [1.807, 2.05) is 0 Å². The molecule has 0 aromatic heterocycles. The van der Waals surface area contributed by atoms with E-state index in [1.54, 1.807) is 0 Å². The van der Waals surface area contributed by atoms with Crippen molar-refractivity contribution in [1.82, 2.24) is 16.0 Å². The van der Waals surface area contributed by atoms with Crippen LogP contribution < -0.4 is 11.0 Å². The van der Waals surface area contributed by atoms with Gasteiger partial charge in [-0.1, -0.05) is 89.9 Å². The topological polar surface area (TPSA) is 27.3 Å². The van der Waals surface area contributed by atoms with Gasteiger partial charge in [-0.05, 0) is 25.7 Å². The van der Waals surface area contributed by atoms with Crippen molar-refractivity contribution in [2.45, 2.75) is 122 Å². The summed E-state index contributed by atoms with van der Waals surface area (Å²) in [7, 11) is 0. The van der Waals surface area contributed by atoms with E-state index in [4.69, 9.17) is 0 Å². The molecule has 2 fully saturated rings. The lowest BCUT2D eigenvalue weighted by molar-refractivity contribution is 0.0766. The lowest BCUT2D eigenvalue weighted by atomic mass is 9.97. The Bertz CT molecular complexity index is 230. The number of hydrazine groups is 2. The zero-order chi connectivity index (χ0) is 16.7. The third kappa shape index (κ3) is 9.39. The van der Waals surface area contributed by atoms with Gasteiger partial charge in [-0.2, -0.15) is 5.53 Å². The van der Waals surface area contributed by atoms with Crippen LogP contribution in [-0.2, 0) is 0 Å². The predicted octanol–water partition coefficient (Wildman–Crippen LogP) is 5.72. The predicted molar refractivity (Wildman–Crippen MR) is 105 cm³/mol. The number of nitrogens with one attached hydrogen (secondary N) is 2. The minimum absolute atomic E-state index is 0.736. The van der Waals surface area contributed by atoms with Gasteiger partial charge in [0.2, 0.25) is 0 Å². The van der Waals surface area contributed by atoms with Crippen molar-refractivity contribution >= 4 is 0 Å². The Balaban J connectivity index is 1.82. The fourth-order valence-corrected chi connectivity index (χ4v) is 4.32. The van der Waals surface area contributed by atoms with Gasteiger partial charge in [0.1, 0.15) is 0 Å². The van der Waals surface area contributed by atoms with Crippen LogP contribution in [0.5, 0.6) is 0 Å². The number of hydrogen-bond donors (Lipinski definition) is 2. The Morgan fingerprint density at radius 2 is 0.958 bits per heavy atom. The molecule has 1 saturated heterocycles. The van der Waals surface area contributed by atoms with Crippen molar-refractivity contribution < 1.29 is 0 Å². The number of hydrogen-bond acceptors (Lipinski definition) is 3. The largest absolute Gasteiger partial charge is 0.244 e. The molecule has 0 unspecified atom stereocenters. The standard InChI is InChI=1S/C21H43N3/c1-2-5-9-13-17-21(18-14-10-6-3-1)24-20-16-12-8-4-7-11-15-19-22-23-24/h21-23H,1-20H2. The highest BCUT2D eigenvalue weighted by molar-refractivity contribution is 4.70. The highest BCUT2D eigenvalue weighted by Gasteiger charge is 2.18. The van der Waals surface area contributed by atoms with Crippen LogP contribution >= 0.6 is 0 Å². The van der Waals surface area contributed by atoms with Gasteiger partial charge < -0.3 is 0 Å². The maximum atomic E-state index is 3.60. The quantitative estimate of drug-likeness (QED) is 0.641. The maximum Gasteiger partial charge on any atom is 0.0256 e. The van der Waals surface area contributed by atoms with Crippen LogP contribution in [0.25, 0.3) is 0 Å². The summed E-state index contributed by atoms with van der Waals surface area (Å²) >= 11 is 0. The Morgan fingerprint density at radius 1 is 0.500 bits per heavy atom. The SMILES string of the molecule is C1CCCCCC(N2CCCCCCCCCNN2)CCCCC1. The molecule has 1 heterocycles. The molecule has 1 aliphatic carbocycles. The van der Waals surface area contributed by atoms with E-state index in [0.29, 0.717) is 0 Å². The first-order chi connectivity index (χ1) is 12.0. The Kier molecular flexibility index (Phi) is 11.9. The minimum atomic E-state index is 0.736. The maximum absolute atomic E-state index is 3.60. The molecule has 2 rings (SSSR count). The van der Waals surface area contributed by atoms with Gasteiger partial charge in [-0.3, -0.25) is 0 Å². The molecular weight excluding hydrogens is 294 g/mol. The molecule has 0 radical (unpaired) electrons. The van der Waals surface area contributed by atoms with Gasteiger partial charge in [-0.25, -0.2) is 10.4 Å². The fraction of sp³-hybridized carbons (Fsp3) is 1.00.